The summed E-state index contributed by atoms with van der Waals surface area (Å²) in [5, 5.41) is 3.18. The van der Waals surface area contributed by atoms with Crippen molar-refractivity contribution < 1.29 is 13.9 Å². The minimum absolute atomic E-state index is 0.0147. The lowest BCUT2D eigenvalue weighted by Gasteiger charge is -2.33. The van der Waals surface area contributed by atoms with Crippen LogP contribution in [0.4, 0.5) is 4.39 Å². The van der Waals surface area contributed by atoms with E-state index in [-0.39, 0.29) is 11.7 Å². The number of hydrogen-bond donors (Lipinski definition) is 1. The number of carbonyl (C=O) groups excluding carboxylic acids is 1. The minimum Gasteiger partial charge on any atom is -0.480 e. The van der Waals surface area contributed by atoms with Crippen molar-refractivity contribution in [3.63, 3.8) is 0 Å². The fourth-order valence-corrected chi connectivity index (χ4v) is 3.16. The summed E-state index contributed by atoms with van der Waals surface area (Å²) < 4.78 is 19.3. The number of nitrogens with zero attached hydrogens (tertiary/aromatic N) is 1. The molecule has 2 rings (SSSR count). The maximum absolute atomic E-state index is 13.1. The molecule has 0 aliphatic carbocycles. The lowest BCUT2D eigenvalue weighted by atomic mass is 9.96. The molecule has 1 N–H and O–H groups in total. The summed E-state index contributed by atoms with van der Waals surface area (Å²) in [5.41, 5.74) is 0. The zero-order valence-corrected chi connectivity index (χ0v) is 14.5. The maximum atomic E-state index is 13.1. The topological polar surface area (TPSA) is 41.6 Å². The smallest absolute Gasteiger partial charge is 0.263 e. The van der Waals surface area contributed by atoms with Crippen molar-refractivity contribution in [3.05, 3.63) is 28.5 Å². The Labute approximate surface area is 139 Å². The highest BCUT2D eigenvalue weighted by Gasteiger charge is 2.27. The first-order valence-electron chi connectivity index (χ1n) is 7.56. The highest BCUT2D eigenvalue weighted by molar-refractivity contribution is 9.10. The average Bonchev–Trinajstić information content (AvgIpc) is 2.50. The number of hydrogen-bond acceptors (Lipinski definition) is 3. The Kier molecular flexibility index (Phi) is 6.20. The summed E-state index contributed by atoms with van der Waals surface area (Å²) in [5.74, 6) is 0.757. The van der Waals surface area contributed by atoms with Crippen molar-refractivity contribution in [2.45, 2.75) is 25.9 Å². The molecule has 0 radical (unpaired) electrons. The molecule has 1 amide bonds. The Morgan fingerprint density at radius 2 is 2.18 bits per heavy atom. The van der Waals surface area contributed by atoms with Gasteiger partial charge in [-0.2, -0.15) is 0 Å². The van der Waals surface area contributed by atoms with Crippen molar-refractivity contribution in [1.29, 1.82) is 0 Å². The summed E-state index contributed by atoms with van der Waals surface area (Å²) >= 11 is 3.25. The van der Waals surface area contributed by atoms with Crippen molar-refractivity contribution in [2.75, 3.05) is 26.7 Å². The van der Waals surface area contributed by atoms with Gasteiger partial charge in [-0.25, -0.2) is 4.39 Å². The van der Waals surface area contributed by atoms with Gasteiger partial charge in [-0.1, -0.05) is 0 Å². The molecule has 0 spiro atoms. The number of ether oxygens (including phenoxy) is 1. The van der Waals surface area contributed by atoms with Gasteiger partial charge >= 0.3 is 0 Å². The van der Waals surface area contributed by atoms with Gasteiger partial charge in [0.15, 0.2) is 6.10 Å². The zero-order chi connectivity index (χ0) is 16.1. The zero-order valence-electron chi connectivity index (χ0n) is 12.9. The number of piperidine rings is 1. The highest BCUT2D eigenvalue weighted by Crippen LogP contribution is 2.27. The van der Waals surface area contributed by atoms with Crippen LogP contribution >= 0.6 is 15.9 Å². The molecule has 1 aromatic carbocycles. The summed E-state index contributed by atoms with van der Waals surface area (Å²) in [4.78, 5) is 14.3. The number of likely N-dealkylation sites (tertiary alicyclic amines) is 1. The molecule has 122 valence electrons. The fraction of sp³-hybridized carbons (Fsp3) is 0.562. The lowest BCUT2D eigenvalue weighted by Crippen LogP contribution is -2.45. The molecule has 1 aliphatic heterocycles. The van der Waals surface area contributed by atoms with E-state index in [1.807, 2.05) is 11.9 Å². The first kappa shape index (κ1) is 17.2. The van der Waals surface area contributed by atoms with E-state index in [2.05, 4.69) is 21.2 Å². The van der Waals surface area contributed by atoms with Gasteiger partial charge < -0.3 is 15.0 Å². The number of carbonyl (C=O) groups is 1. The van der Waals surface area contributed by atoms with Crippen LogP contribution in [0.1, 0.15) is 19.8 Å². The molecule has 1 unspecified atom stereocenters. The molecule has 6 heteroatoms. The molecular formula is C16H22BrFN2O2. The SMILES string of the molecule is CNCC1CCN(C(=O)C(C)Oc2ccc(F)cc2Br)CC1. The van der Waals surface area contributed by atoms with Crippen LogP contribution in [0.25, 0.3) is 0 Å². The Balaban J connectivity index is 1.90. The Hall–Kier alpha value is -1.14. The summed E-state index contributed by atoms with van der Waals surface area (Å²) in [6.45, 7) is 4.27. The second-order valence-electron chi connectivity index (χ2n) is 5.66. The Morgan fingerprint density at radius 3 is 2.77 bits per heavy atom. The van der Waals surface area contributed by atoms with Crippen LogP contribution in [0, 0.1) is 11.7 Å². The second-order valence-corrected chi connectivity index (χ2v) is 6.52. The van der Waals surface area contributed by atoms with Crippen molar-refractivity contribution >= 4 is 21.8 Å². The fourth-order valence-electron chi connectivity index (χ4n) is 2.71. The molecule has 0 bridgehead atoms. The molecule has 0 saturated carbocycles. The van der Waals surface area contributed by atoms with Gasteiger partial charge in [0.05, 0.1) is 4.47 Å². The predicted octanol–water partition coefficient (Wildman–Crippen LogP) is 2.81. The Bertz CT molecular complexity index is 519. The van der Waals surface area contributed by atoms with Crippen LogP contribution < -0.4 is 10.1 Å². The minimum atomic E-state index is -0.581. The molecule has 1 heterocycles. The third kappa shape index (κ3) is 4.43. The summed E-state index contributed by atoms with van der Waals surface area (Å²) in [7, 11) is 1.95. The predicted molar refractivity (Wildman–Crippen MR) is 87.4 cm³/mol. The van der Waals surface area contributed by atoms with Crippen molar-refractivity contribution in [3.8, 4) is 5.75 Å². The third-order valence-electron chi connectivity index (χ3n) is 3.96. The van der Waals surface area contributed by atoms with Gasteiger partial charge in [-0.15, -0.1) is 0 Å². The normalized spacial score (nSPS) is 17.4. The van der Waals surface area contributed by atoms with Crippen LogP contribution in [0.15, 0.2) is 22.7 Å². The monoisotopic (exact) mass is 372 g/mol. The molecule has 1 aliphatic rings. The van der Waals surface area contributed by atoms with E-state index in [1.165, 1.54) is 18.2 Å². The quantitative estimate of drug-likeness (QED) is 0.863. The van der Waals surface area contributed by atoms with Gasteiger partial charge in [0, 0.05) is 13.1 Å². The van der Waals surface area contributed by atoms with Gasteiger partial charge in [-0.3, -0.25) is 4.79 Å². The van der Waals surface area contributed by atoms with Crippen LogP contribution in [-0.2, 0) is 4.79 Å². The van der Waals surface area contributed by atoms with Crippen LogP contribution in [-0.4, -0.2) is 43.6 Å². The van der Waals surface area contributed by atoms with Gasteiger partial charge in [0.2, 0.25) is 0 Å². The number of nitrogens with one attached hydrogen (secondary N) is 1. The molecule has 1 aromatic rings. The van der Waals surface area contributed by atoms with Gasteiger partial charge in [-0.05, 0) is 73.4 Å². The van der Waals surface area contributed by atoms with E-state index in [0.717, 1.165) is 32.5 Å². The van der Waals surface area contributed by atoms with E-state index in [1.54, 1.807) is 6.92 Å². The number of halogens is 2. The second kappa shape index (κ2) is 7.92. The number of benzene rings is 1. The highest BCUT2D eigenvalue weighted by atomic mass is 79.9. The largest absolute Gasteiger partial charge is 0.480 e. The average molecular weight is 373 g/mol. The van der Waals surface area contributed by atoms with Gasteiger partial charge in [0.25, 0.3) is 5.91 Å². The molecule has 22 heavy (non-hydrogen) atoms. The van der Waals surface area contributed by atoms with Crippen molar-refractivity contribution in [2.24, 2.45) is 5.92 Å². The molecule has 1 atom stereocenters. The maximum Gasteiger partial charge on any atom is 0.263 e. The first-order valence-corrected chi connectivity index (χ1v) is 8.35. The molecule has 1 fully saturated rings. The van der Waals surface area contributed by atoms with E-state index in [0.29, 0.717) is 16.1 Å². The van der Waals surface area contributed by atoms with Crippen molar-refractivity contribution in [1.82, 2.24) is 10.2 Å². The summed E-state index contributed by atoms with van der Waals surface area (Å²) in [6, 6.07) is 4.18. The van der Waals surface area contributed by atoms with E-state index < -0.39 is 6.10 Å². The van der Waals surface area contributed by atoms with Crippen LogP contribution in [0.2, 0.25) is 0 Å². The van der Waals surface area contributed by atoms with Gasteiger partial charge in [0.1, 0.15) is 11.6 Å². The first-order chi connectivity index (χ1) is 10.5. The standard InChI is InChI=1S/C16H22BrFN2O2/c1-11(22-15-4-3-13(18)9-14(15)17)16(21)20-7-5-12(6-8-20)10-19-2/h3-4,9,11-12,19H,5-8,10H2,1-2H3. The van der Waals surface area contributed by atoms with E-state index >= 15 is 0 Å². The van der Waals surface area contributed by atoms with E-state index in [9.17, 15) is 9.18 Å². The molecule has 4 nitrogen and oxygen atoms in total. The molecule has 1 saturated heterocycles. The summed E-state index contributed by atoms with van der Waals surface area (Å²) in [6.07, 6.45) is 1.45. The molecule has 0 aromatic heterocycles. The third-order valence-corrected chi connectivity index (χ3v) is 4.58. The van der Waals surface area contributed by atoms with E-state index in [4.69, 9.17) is 4.74 Å². The van der Waals surface area contributed by atoms with Crippen LogP contribution in [0.3, 0.4) is 0 Å². The lowest BCUT2D eigenvalue weighted by molar-refractivity contribution is -0.139. The number of amides is 1. The van der Waals surface area contributed by atoms with Crippen LogP contribution in [0.5, 0.6) is 5.75 Å². The Morgan fingerprint density at radius 1 is 1.50 bits per heavy atom. The molecular weight excluding hydrogens is 351 g/mol. The number of rotatable bonds is 5.